The molecule has 1 aliphatic carbocycles. The van der Waals surface area contributed by atoms with Crippen LogP contribution in [0.2, 0.25) is 0 Å². The minimum atomic E-state index is -0.190. The number of benzene rings is 2. The highest BCUT2D eigenvalue weighted by molar-refractivity contribution is 9.10. The van der Waals surface area contributed by atoms with Crippen LogP contribution in [0.4, 0.5) is 0 Å². The van der Waals surface area contributed by atoms with Crippen LogP contribution in [0, 0.1) is 0 Å². The minimum absolute atomic E-state index is 0.0774. The van der Waals surface area contributed by atoms with E-state index in [0.29, 0.717) is 61.1 Å². The standard InChI is InChI=1S/C29H33BrN4O5/c1-2-38-26-16-20(8-11-25(26)39-19-27(35)33-12-14-37-15-13-33)18-31-34-28(21-6-4-3-5-7-21)32-24-10-9-22(30)17-23(24)29(34)36/h8-11,16-18,21H,2-7,12-15,19H2,1H3. The molecular weight excluding hydrogens is 564 g/mol. The molecule has 5 rings (SSSR count). The van der Waals surface area contributed by atoms with Gasteiger partial charge >= 0.3 is 0 Å². The van der Waals surface area contributed by atoms with Crippen LogP contribution in [0.1, 0.15) is 56.3 Å². The summed E-state index contributed by atoms with van der Waals surface area (Å²) < 4.78 is 19.2. The first kappa shape index (κ1) is 27.3. The summed E-state index contributed by atoms with van der Waals surface area (Å²) in [5, 5.41) is 5.15. The molecule has 1 saturated carbocycles. The van der Waals surface area contributed by atoms with E-state index in [9.17, 15) is 9.59 Å². The van der Waals surface area contributed by atoms with Crippen LogP contribution in [0.3, 0.4) is 0 Å². The SMILES string of the molecule is CCOc1cc(C=Nn2c(C3CCCCC3)nc3ccc(Br)cc3c2=O)ccc1OCC(=O)N1CCOCC1. The van der Waals surface area contributed by atoms with Gasteiger partial charge in [0.15, 0.2) is 18.1 Å². The average Bonchev–Trinajstić information content (AvgIpc) is 2.97. The van der Waals surface area contributed by atoms with Gasteiger partial charge in [-0.2, -0.15) is 9.78 Å². The molecule has 1 aliphatic heterocycles. The Bertz CT molecular complexity index is 1410. The van der Waals surface area contributed by atoms with Gasteiger partial charge in [-0.15, -0.1) is 0 Å². The third kappa shape index (κ3) is 6.50. The van der Waals surface area contributed by atoms with Crippen molar-refractivity contribution in [3.05, 3.63) is 62.6 Å². The lowest BCUT2D eigenvalue weighted by molar-refractivity contribution is -0.137. The van der Waals surface area contributed by atoms with Crippen LogP contribution in [-0.4, -0.2) is 66.2 Å². The molecule has 3 aromatic rings. The van der Waals surface area contributed by atoms with E-state index in [1.807, 2.05) is 25.1 Å². The zero-order valence-electron chi connectivity index (χ0n) is 22.1. The molecule has 39 heavy (non-hydrogen) atoms. The number of fused-ring (bicyclic) bond motifs is 1. The Labute approximate surface area is 235 Å². The number of rotatable bonds is 8. The number of hydrogen-bond donors (Lipinski definition) is 0. The molecule has 0 bridgehead atoms. The second kappa shape index (κ2) is 12.7. The van der Waals surface area contributed by atoms with Gasteiger partial charge in [-0.25, -0.2) is 4.98 Å². The van der Waals surface area contributed by atoms with Gasteiger partial charge in [0.05, 0.1) is 36.9 Å². The molecule has 1 amide bonds. The molecule has 0 atom stereocenters. The highest BCUT2D eigenvalue weighted by Gasteiger charge is 2.23. The zero-order valence-corrected chi connectivity index (χ0v) is 23.7. The summed E-state index contributed by atoms with van der Waals surface area (Å²) in [5.41, 5.74) is 1.23. The molecule has 0 spiro atoms. The van der Waals surface area contributed by atoms with Crippen molar-refractivity contribution in [3.63, 3.8) is 0 Å². The Morgan fingerprint density at radius 1 is 1.10 bits per heavy atom. The number of ether oxygens (including phenoxy) is 3. The molecule has 9 nitrogen and oxygen atoms in total. The maximum absolute atomic E-state index is 13.6. The van der Waals surface area contributed by atoms with E-state index >= 15 is 0 Å². The Balaban J connectivity index is 1.42. The summed E-state index contributed by atoms with van der Waals surface area (Å²) in [6.07, 6.45) is 7.08. The predicted molar refractivity (Wildman–Crippen MR) is 153 cm³/mol. The minimum Gasteiger partial charge on any atom is -0.490 e. The highest BCUT2D eigenvalue weighted by Crippen LogP contribution is 2.32. The van der Waals surface area contributed by atoms with E-state index in [-0.39, 0.29) is 24.0 Å². The van der Waals surface area contributed by atoms with Crippen LogP contribution in [0.15, 0.2) is 50.8 Å². The largest absolute Gasteiger partial charge is 0.490 e. The van der Waals surface area contributed by atoms with Gasteiger partial charge in [0.1, 0.15) is 5.82 Å². The number of amides is 1. The van der Waals surface area contributed by atoms with Gasteiger partial charge < -0.3 is 19.1 Å². The van der Waals surface area contributed by atoms with Gasteiger partial charge in [0.25, 0.3) is 11.5 Å². The molecule has 206 valence electrons. The van der Waals surface area contributed by atoms with E-state index in [2.05, 4.69) is 21.0 Å². The Hall–Kier alpha value is -3.24. The number of halogens is 1. The molecule has 2 fully saturated rings. The van der Waals surface area contributed by atoms with Crippen molar-refractivity contribution in [1.82, 2.24) is 14.6 Å². The Morgan fingerprint density at radius 2 is 1.90 bits per heavy atom. The first-order chi connectivity index (χ1) is 19.0. The fraction of sp³-hybridized carbons (Fsp3) is 0.448. The third-order valence-electron chi connectivity index (χ3n) is 7.11. The number of carbonyl (C=O) groups excluding carboxylic acids is 1. The highest BCUT2D eigenvalue weighted by atomic mass is 79.9. The lowest BCUT2D eigenvalue weighted by Gasteiger charge is -2.26. The normalized spacial score (nSPS) is 16.6. The molecule has 0 radical (unpaired) electrons. The lowest BCUT2D eigenvalue weighted by Crippen LogP contribution is -2.43. The van der Waals surface area contributed by atoms with E-state index < -0.39 is 0 Å². The van der Waals surface area contributed by atoms with Gasteiger partial charge in [-0.05, 0) is 61.7 Å². The van der Waals surface area contributed by atoms with Crippen LogP contribution in [0.25, 0.3) is 10.9 Å². The van der Waals surface area contributed by atoms with E-state index in [1.165, 1.54) is 11.1 Å². The molecule has 0 N–H and O–H groups in total. The number of carbonyl (C=O) groups is 1. The average molecular weight is 598 g/mol. The monoisotopic (exact) mass is 596 g/mol. The van der Waals surface area contributed by atoms with Gasteiger partial charge in [0.2, 0.25) is 0 Å². The number of hydrogen-bond acceptors (Lipinski definition) is 7. The van der Waals surface area contributed by atoms with Crippen molar-refractivity contribution in [2.24, 2.45) is 5.10 Å². The Morgan fingerprint density at radius 3 is 2.67 bits per heavy atom. The second-order valence-electron chi connectivity index (χ2n) is 9.75. The van der Waals surface area contributed by atoms with Gasteiger partial charge in [-0.1, -0.05) is 35.2 Å². The van der Waals surface area contributed by atoms with Crippen molar-refractivity contribution < 1.29 is 19.0 Å². The second-order valence-corrected chi connectivity index (χ2v) is 10.7. The fourth-order valence-electron chi connectivity index (χ4n) is 5.06. The van der Waals surface area contributed by atoms with E-state index in [4.69, 9.17) is 19.2 Å². The molecular formula is C29H33BrN4O5. The topological polar surface area (TPSA) is 95.2 Å². The fourth-order valence-corrected chi connectivity index (χ4v) is 5.42. The summed E-state index contributed by atoms with van der Waals surface area (Å²) in [4.78, 5) is 32.7. The molecule has 2 heterocycles. The molecule has 0 unspecified atom stereocenters. The molecule has 2 aliphatic rings. The van der Waals surface area contributed by atoms with Crippen molar-refractivity contribution >= 4 is 39.0 Å². The third-order valence-corrected chi connectivity index (χ3v) is 7.60. The van der Waals surface area contributed by atoms with Crippen LogP contribution < -0.4 is 15.0 Å². The maximum atomic E-state index is 13.6. The quantitative estimate of drug-likeness (QED) is 0.349. The molecule has 1 saturated heterocycles. The first-order valence-corrected chi connectivity index (χ1v) is 14.3. The summed E-state index contributed by atoms with van der Waals surface area (Å²) in [6, 6.07) is 11.0. The number of nitrogens with zero attached hydrogens (tertiary/aromatic N) is 4. The van der Waals surface area contributed by atoms with E-state index in [0.717, 1.165) is 35.7 Å². The molecule has 1 aromatic heterocycles. The maximum Gasteiger partial charge on any atom is 0.282 e. The van der Waals surface area contributed by atoms with Crippen LogP contribution in [0.5, 0.6) is 11.5 Å². The van der Waals surface area contributed by atoms with Crippen molar-refractivity contribution in [1.29, 1.82) is 0 Å². The Kier molecular flexibility index (Phi) is 8.93. The lowest BCUT2D eigenvalue weighted by atomic mass is 9.88. The summed E-state index contributed by atoms with van der Waals surface area (Å²) in [5.74, 6) is 1.80. The van der Waals surface area contributed by atoms with Gasteiger partial charge in [0, 0.05) is 23.5 Å². The van der Waals surface area contributed by atoms with Crippen LogP contribution >= 0.6 is 15.9 Å². The number of aromatic nitrogens is 2. The van der Waals surface area contributed by atoms with Crippen molar-refractivity contribution in [3.8, 4) is 11.5 Å². The summed E-state index contributed by atoms with van der Waals surface area (Å²) >= 11 is 3.47. The molecule has 2 aromatic carbocycles. The smallest absolute Gasteiger partial charge is 0.282 e. The van der Waals surface area contributed by atoms with Crippen molar-refractivity contribution in [2.75, 3.05) is 39.5 Å². The van der Waals surface area contributed by atoms with E-state index in [1.54, 1.807) is 29.3 Å². The van der Waals surface area contributed by atoms with Gasteiger partial charge in [-0.3, -0.25) is 9.59 Å². The zero-order chi connectivity index (χ0) is 27.2. The van der Waals surface area contributed by atoms with Crippen molar-refractivity contribution in [2.45, 2.75) is 44.9 Å². The summed E-state index contributed by atoms with van der Waals surface area (Å²) in [7, 11) is 0. The van der Waals surface area contributed by atoms with Crippen LogP contribution in [-0.2, 0) is 9.53 Å². The predicted octanol–water partition coefficient (Wildman–Crippen LogP) is 4.73. The molecule has 10 heteroatoms. The number of morpholine rings is 1. The first-order valence-electron chi connectivity index (χ1n) is 13.5. The summed E-state index contributed by atoms with van der Waals surface area (Å²) in [6.45, 7) is 4.46.